The van der Waals surface area contributed by atoms with Gasteiger partial charge in [0, 0.05) is 25.0 Å². The van der Waals surface area contributed by atoms with Crippen LogP contribution in [0.4, 0.5) is 13.6 Å². The fourth-order valence-electron chi connectivity index (χ4n) is 3.14. The summed E-state index contributed by atoms with van der Waals surface area (Å²) in [6, 6.07) is 2.72. The van der Waals surface area contributed by atoms with Gasteiger partial charge in [-0.2, -0.15) is 0 Å². The van der Waals surface area contributed by atoms with Gasteiger partial charge in [0.1, 0.15) is 5.60 Å². The van der Waals surface area contributed by atoms with Gasteiger partial charge in [0.25, 0.3) is 0 Å². The first-order chi connectivity index (χ1) is 12.4. The van der Waals surface area contributed by atoms with Gasteiger partial charge in [0.15, 0.2) is 11.6 Å². The number of carbonyl (C=O) groups is 2. The van der Waals surface area contributed by atoms with E-state index in [1.54, 1.807) is 25.7 Å². The van der Waals surface area contributed by atoms with Crippen molar-refractivity contribution in [1.29, 1.82) is 0 Å². The van der Waals surface area contributed by atoms with Crippen LogP contribution in [0.15, 0.2) is 18.2 Å². The first kappa shape index (κ1) is 21.1. The molecule has 2 atom stereocenters. The standard InChI is InChI=1S/C20H28F2N2O3/c1-12(2)18(25)23-11-17(14-7-8-15(21)16(22)9-14)24(10-13(23)3)19(26)27-20(4,5)6/h7-9,12-13,17H,10-11H2,1-6H3/t13-,17+/m1/s1. The van der Waals surface area contributed by atoms with Gasteiger partial charge in [-0.25, -0.2) is 13.6 Å². The lowest BCUT2D eigenvalue weighted by molar-refractivity contribution is -0.140. The summed E-state index contributed by atoms with van der Waals surface area (Å²) in [5.74, 6) is -2.19. The normalized spacial score (nSPS) is 20.8. The minimum Gasteiger partial charge on any atom is -0.444 e. The molecule has 0 aliphatic carbocycles. The lowest BCUT2D eigenvalue weighted by Gasteiger charge is -2.46. The Bertz CT molecular complexity index is 716. The maximum absolute atomic E-state index is 13.8. The second-order valence-corrected chi connectivity index (χ2v) is 8.32. The molecule has 0 radical (unpaired) electrons. The highest BCUT2D eigenvalue weighted by atomic mass is 19.2. The van der Waals surface area contributed by atoms with Crippen molar-refractivity contribution in [1.82, 2.24) is 9.80 Å². The summed E-state index contributed by atoms with van der Waals surface area (Å²) >= 11 is 0. The first-order valence-electron chi connectivity index (χ1n) is 9.15. The Balaban J connectivity index is 2.40. The molecule has 27 heavy (non-hydrogen) atoms. The molecular weight excluding hydrogens is 354 g/mol. The molecule has 0 spiro atoms. The van der Waals surface area contributed by atoms with E-state index in [0.717, 1.165) is 12.1 Å². The van der Waals surface area contributed by atoms with Crippen LogP contribution < -0.4 is 0 Å². The second-order valence-electron chi connectivity index (χ2n) is 8.32. The molecule has 0 N–H and O–H groups in total. The molecule has 1 fully saturated rings. The monoisotopic (exact) mass is 382 g/mol. The van der Waals surface area contributed by atoms with Crippen molar-refractivity contribution in [3.8, 4) is 0 Å². The zero-order valence-corrected chi connectivity index (χ0v) is 16.8. The number of hydrogen-bond acceptors (Lipinski definition) is 3. The van der Waals surface area contributed by atoms with Crippen molar-refractivity contribution in [3.05, 3.63) is 35.4 Å². The molecule has 0 saturated carbocycles. The fourth-order valence-corrected chi connectivity index (χ4v) is 3.14. The van der Waals surface area contributed by atoms with Crippen LogP contribution in [-0.4, -0.2) is 46.5 Å². The number of halogens is 2. The van der Waals surface area contributed by atoms with Crippen LogP contribution in [0.2, 0.25) is 0 Å². The number of hydrogen-bond donors (Lipinski definition) is 0. The van der Waals surface area contributed by atoms with E-state index in [4.69, 9.17) is 4.74 Å². The number of ether oxygens (including phenoxy) is 1. The molecule has 1 aromatic rings. The second kappa shape index (κ2) is 7.82. The first-order valence-corrected chi connectivity index (χ1v) is 9.15. The van der Waals surface area contributed by atoms with Gasteiger partial charge in [-0.1, -0.05) is 19.9 Å². The molecular formula is C20H28F2N2O3. The predicted molar refractivity (Wildman–Crippen MR) is 98.1 cm³/mol. The maximum atomic E-state index is 13.8. The van der Waals surface area contributed by atoms with Crippen LogP contribution in [0.1, 0.15) is 53.1 Å². The van der Waals surface area contributed by atoms with E-state index in [-0.39, 0.29) is 31.0 Å². The number of piperazine rings is 1. The van der Waals surface area contributed by atoms with Crippen LogP contribution in [0.5, 0.6) is 0 Å². The molecule has 1 aromatic carbocycles. The van der Waals surface area contributed by atoms with E-state index in [0.29, 0.717) is 5.56 Å². The zero-order chi connectivity index (χ0) is 20.5. The molecule has 1 aliphatic rings. The highest BCUT2D eigenvalue weighted by molar-refractivity contribution is 5.79. The van der Waals surface area contributed by atoms with Crippen LogP contribution in [0.25, 0.3) is 0 Å². The SMILES string of the molecule is CC(C)C(=O)N1C[C@@H](c2ccc(F)c(F)c2)N(C(=O)OC(C)(C)C)C[C@H]1C. The third-order valence-electron chi connectivity index (χ3n) is 4.47. The third-order valence-corrected chi connectivity index (χ3v) is 4.47. The lowest BCUT2D eigenvalue weighted by Crippen LogP contribution is -2.58. The number of carbonyl (C=O) groups excluding carboxylic acids is 2. The smallest absolute Gasteiger partial charge is 0.410 e. The van der Waals surface area contributed by atoms with E-state index in [1.807, 2.05) is 20.8 Å². The van der Waals surface area contributed by atoms with E-state index in [1.165, 1.54) is 11.0 Å². The molecule has 0 bridgehead atoms. The van der Waals surface area contributed by atoms with E-state index >= 15 is 0 Å². The molecule has 2 amide bonds. The van der Waals surface area contributed by atoms with Gasteiger partial charge < -0.3 is 9.64 Å². The van der Waals surface area contributed by atoms with Gasteiger partial charge in [0.2, 0.25) is 5.91 Å². The van der Waals surface area contributed by atoms with Crippen molar-refractivity contribution < 1.29 is 23.1 Å². The summed E-state index contributed by atoms with van der Waals surface area (Å²) in [7, 11) is 0. The minimum atomic E-state index is -0.989. The zero-order valence-electron chi connectivity index (χ0n) is 16.8. The summed E-state index contributed by atoms with van der Waals surface area (Å²) in [4.78, 5) is 28.5. The Hall–Kier alpha value is -2.18. The number of rotatable bonds is 2. The molecule has 0 aromatic heterocycles. The van der Waals surface area contributed by atoms with Gasteiger partial charge in [-0.05, 0) is 45.4 Å². The van der Waals surface area contributed by atoms with Crippen LogP contribution in [0.3, 0.4) is 0 Å². The van der Waals surface area contributed by atoms with Gasteiger partial charge in [-0.15, -0.1) is 0 Å². The topological polar surface area (TPSA) is 49.9 Å². The fraction of sp³-hybridized carbons (Fsp3) is 0.600. The van der Waals surface area contributed by atoms with E-state index < -0.39 is 29.4 Å². The largest absolute Gasteiger partial charge is 0.444 e. The average molecular weight is 382 g/mol. The van der Waals surface area contributed by atoms with E-state index in [9.17, 15) is 18.4 Å². The number of nitrogens with zero attached hydrogens (tertiary/aromatic N) is 2. The summed E-state index contributed by atoms with van der Waals surface area (Å²) in [5, 5.41) is 0. The Morgan fingerprint density at radius 2 is 1.74 bits per heavy atom. The van der Waals surface area contributed by atoms with Gasteiger partial charge in [-0.3, -0.25) is 9.69 Å². The Morgan fingerprint density at radius 1 is 1.11 bits per heavy atom. The molecule has 7 heteroatoms. The van der Waals surface area contributed by atoms with Crippen molar-refractivity contribution in [2.45, 2.75) is 59.2 Å². The molecule has 0 unspecified atom stereocenters. The maximum Gasteiger partial charge on any atom is 0.410 e. The summed E-state index contributed by atoms with van der Waals surface area (Å²) in [6.45, 7) is 11.2. The number of benzene rings is 1. The van der Waals surface area contributed by atoms with Crippen LogP contribution >= 0.6 is 0 Å². The summed E-state index contributed by atoms with van der Waals surface area (Å²) < 4.78 is 32.7. The highest BCUT2D eigenvalue weighted by Gasteiger charge is 2.39. The molecule has 150 valence electrons. The quantitative estimate of drug-likeness (QED) is 0.773. The average Bonchev–Trinajstić information content (AvgIpc) is 2.55. The lowest BCUT2D eigenvalue weighted by atomic mass is 9.98. The van der Waals surface area contributed by atoms with Crippen molar-refractivity contribution in [2.75, 3.05) is 13.1 Å². The van der Waals surface area contributed by atoms with Gasteiger partial charge in [0.05, 0.1) is 6.04 Å². The van der Waals surface area contributed by atoms with Crippen LogP contribution in [-0.2, 0) is 9.53 Å². The number of amides is 2. The van der Waals surface area contributed by atoms with Crippen molar-refractivity contribution >= 4 is 12.0 Å². The van der Waals surface area contributed by atoms with Crippen molar-refractivity contribution in [3.63, 3.8) is 0 Å². The minimum absolute atomic E-state index is 0.0427. The predicted octanol–water partition coefficient (Wildman–Crippen LogP) is 4.13. The molecule has 2 rings (SSSR count). The Labute approximate surface area is 159 Å². The van der Waals surface area contributed by atoms with Gasteiger partial charge >= 0.3 is 6.09 Å². The Kier molecular flexibility index (Phi) is 6.12. The van der Waals surface area contributed by atoms with Crippen LogP contribution in [0, 0.1) is 17.6 Å². The third kappa shape index (κ3) is 4.96. The van der Waals surface area contributed by atoms with Crippen molar-refractivity contribution in [2.24, 2.45) is 5.92 Å². The molecule has 1 aliphatic heterocycles. The summed E-state index contributed by atoms with van der Waals surface area (Å²) in [5.41, 5.74) is -0.266. The summed E-state index contributed by atoms with van der Waals surface area (Å²) in [6.07, 6.45) is -0.541. The molecule has 1 saturated heterocycles. The Morgan fingerprint density at radius 3 is 2.26 bits per heavy atom. The highest BCUT2D eigenvalue weighted by Crippen LogP contribution is 2.31. The molecule has 1 heterocycles. The van der Waals surface area contributed by atoms with E-state index in [2.05, 4.69) is 0 Å². The molecule has 5 nitrogen and oxygen atoms in total.